The summed E-state index contributed by atoms with van der Waals surface area (Å²) in [7, 11) is 0. The SMILES string of the molecule is c1ccc(-c2nc(-c3ccccc3)nc(-c3cc(-c4ccc(-c5ccccn5)cc4)cc(-c4ccc5c6c(cccc46)-c4ccccc4-5)c3)n2)cc1. The van der Waals surface area contributed by atoms with Gasteiger partial charge in [0.15, 0.2) is 17.5 Å². The molecular weight excluding hydrogens is 633 g/mol. The Morgan fingerprint density at radius 3 is 1.46 bits per heavy atom. The van der Waals surface area contributed by atoms with Crippen LogP contribution in [0.2, 0.25) is 0 Å². The highest BCUT2D eigenvalue weighted by molar-refractivity contribution is 6.18. The zero-order chi connectivity index (χ0) is 34.4. The summed E-state index contributed by atoms with van der Waals surface area (Å²) in [6.07, 6.45) is 1.83. The van der Waals surface area contributed by atoms with E-state index in [-0.39, 0.29) is 0 Å². The van der Waals surface area contributed by atoms with E-state index in [1.54, 1.807) is 0 Å². The first kappa shape index (κ1) is 29.8. The maximum Gasteiger partial charge on any atom is 0.164 e. The molecule has 242 valence electrons. The molecule has 1 aliphatic carbocycles. The van der Waals surface area contributed by atoms with Crippen LogP contribution in [0.4, 0.5) is 0 Å². The molecule has 0 radical (unpaired) electrons. The molecule has 52 heavy (non-hydrogen) atoms. The number of fused-ring (bicyclic) bond motifs is 3. The molecule has 0 spiro atoms. The highest BCUT2D eigenvalue weighted by Crippen LogP contribution is 2.49. The molecule has 0 saturated heterocycles. The van der Waals surface area contributed by atoms with Gasteiger partial charge in [-0.15, -0.1) is 0 Å². The van der Waals surface area contributed by atoms with Gasteiger partial charge in [0.05, 0.1) is 5.69 Å². The second-order valence-corrected chi connectivity index (χ2v) is 13.1. The second-order valence-electron chi connectivity index (χ2n) is 13.1. The molecule has 0 N–H and O–H groups in total. The van der Waals surface area contributed by atoms with E-state index >= 15 is 0 Å². The zero-order valence-electron chi connectivity index (χ0n) is 28.1. The molecule has 7 aromatic carbocycles. The first-order valence-electron chi connectivity index (χ1n) is 17.5. The third-order valence-electron chi connectivity index (χ3n) is 9.93. The fourth-order valence-electron chi connectivity index (χ4n) is 7.44. The number of benzene rings is 7. The third kappa shape index (κ3) is 5.17. The van der Waals surface area contributed by atoms with Crippen molar-refractivity contribution in [2.75, 3.05) is 0 Å². The fraction of sp³-hybridized carbons (Fsp3) is 0. The molecule has 9 aromatic rings. The lowest BCUT2D eigenvalue weighted by molar-refractivity contribution is 1.07. The van der Waals surface area contributed by atoms with Gasteiger partial charge in [0.2, 0.25) is 0 Å². The molecular formula is C48H30N4. The summed E-state index contributed by atoms with van der Waals surface area (Å²) in [5.41, 5.74) is 14.4. The molecule has 0 bridgehead atoms. The molecule has 0 aliphatic heterocycles. The molecule has 0 atom stereocenters. The smallest absolute Gasteiger partial charge is 0.164 e. The van der Waals surface area contributed by atoms with Crippen LogP contribution in [0.25, 0.3) is 101 Å². The van der Waals surface area contributed by atoms with Crippen molar-refractivity contribution < 1.29 is 0 Å². The van der Waals surface area contributed by atoms with E-state index in [2.05, 4.69) is 102 Å². The number of pyridine rings is 1. The molecule has 4 nitrogen and oxygen atoms in total. The van der Waals surface area contributed by atoms with Crippen molar-refractivity contribution in [3.05, 3.63) is 182 Å². The van der Waals surface area contributed by atoms with Gasteiger partial charge in [0, 0.05) is 28.5 Å². The van der Waals surface area contributed by atoms with E-state index in [1.165, 1.54) is 38.6 Å². The number of aromatic nitrogens is 4. The fourth-order valence-corrected chi connectivity index (χ4v) is 7.44. The van der Waals surface area contributed by atoms with Gasteiger partial charge < -0.3 is 0 Å². The van der Waals surface area contributed by atoms with Crippen molar-refractivity contribution in [1.29, 1.82) is 0 Å². The van der Waals surface area contributed by atoms with Crippen molar-refractivity contribution in [1.82, 2.24) is 19.9 Å². The summed E-state index contributed by atoms with van der Waals surface area (Å²) in [4.78, 5) is 19.8. The van der Waals surface area contributed by atoms with Crippen LogP contribution >= 0.6 is 0 Å². The topological polar surface area (TPSA) is 51.6 Å². The van der Waals surface area contributed by atoms with Gasteiger partial charge in [-0.05, 0) is 85.6 Å². The van der Waals surface area contributed by atoms with Crippen molar-refractivity contribution in [3.8, 4) is 89.9 Å². The van der Waals surface area contributed by atoms with Crippen LogP contribution in [-0.4, -0.2) is 19.9 Å². The number of nitrogens with zero attached hydrogens (tertiary/aromatic N) is 4. The summed E-state index contributed by atoms with van der Waals surface area (Å²) in [6.45, 7) is 0. The van der Waals surface area contributed by atoms with Crippen LogP contribution in [0.3, 0.4) is 0 Å². The zero-order valence-corrected chi connectivity index (χ0v) is 28.1. The predicted molar refractivity (Wildman–Crippen MR) is 212 cm³/mol. The van der Waals surface area contributed by atoms with Crippen LogP contribution in [0, 0.1) is 0 Å². The van der Waals surface area contributed by atoms with Gasteiger partial charge >= 0.3 is 0 Å². The second kappa shape index (κ2) is 12.4. The highest BCUT2D eigenvalue weighted by atomic mass is 15.0. The van der Waals surface area contributed by atoms with Crippen molar-refractivity contribution in [2.24, 2.45) is 0 Å². The first-order chi connectivity index (χ1) is 25.8. The van der Waals surface area contributed by atoms with Crippen LogP contribution in [0.15, 0.2) is 182 Å². The van der Waals surface area contributed by atoms with Gasteiger partial charge in [0.25, 0.3) is 0 Å². The molecule has 1 aliphatic rings. The van der Waals surface area contributed by atoms with Crippen LogP contribution < -0.4 is 0 Å². The average Bonchev–Trinajstić information content (AvgIpc) is 3.56. The maximum absolute atomic E-state index is 5.12. The van der Waals surface area contributed by atoms with Crippen molar-refractivity contribution in [3.63, 3.8) is 0 Å². The minimum Gasteiger partial charge on any atom is -0.256 e. The molecule has 4 heteroatoms. The number of rotatable bonds is 6. The van der Waals surface area contributed by atoms with Gasteiger partial charge in [-0.1, -0.05) is 146 Å². The average molecular weight is 663 g/mol. The summed E-state index contributed by atoms with van der Waals surface area (Å²) in [5.74, 6) is 1.90. The summed E-state index contributed by atoms with van der Waals surface area (Å²) < 4.78 is 0. The quantitative estimate of drug-likeness (QED) is 0.178. The third-order valence-corrected chi connectivity index (χ3v) is 9.93. The molecule has 10 rings (SSSR count). The van der Waals surface area contributed by atoms with Gasteiger partial charge in [-0.3, -0.25) is 4.98 Å². The minimum atomic E-state index is 0.624. The molecule has 2 aromatic heterocycles. The van der Waals surface area contributed by atoms with E-state index in [1.807, 2.05) is 85.1 Å². The lowest BCUT2D eigenvalue weighted by atomic mass is 9.91. The van der Waals surface area contributed by atoms with E-state index in [4.69, 9.17) is 15.0 Å². The maximum atomic E-state index is 5.12. The monoisotopic (exact) mass is 662 g/mol. The van der Waals surface area contributed by atoms with E-state index in [9.17, 15) is 0 Å². The Balaban J connectivity index is 1.19. The normalized spacial score (nSPS) is 11.5. The molecule has 0 amide bonds. The lowest BCUT2D eigenvalue weighted by Crippen LogP contribution is -2.00. The van der Waals surface area contributed by atoms with E-state index in [0.29, 0.717) is 17.5 Å². The first-order valence-corrected chi connectivity index (χ1v) is 17.5. The van der Waals surface area contributed by atoms with E-state index < -0.39 is 0 Å². The van der Waals surface area contributed by atoms with Crippen LogP contribution in [0.5, 0.6) is 0 Å². The Morgan fingerprint density at radius 2 is 0.808 bits per heavy atom. The summed E-state index contributed by atoms with van der Waals surface area (Å²) in [5, 5.41) is 2.52. The summed E-state index contributed by atoms with van der Waals surface area (Å²) >= 11 is 0. The van der Waals surface area contributed by atoms with E-state index in [0.717, 1.165) is 44.6 Å². The molecule has 0 fully saturated rings. The number of hydrogen-bond donors (Lipinski definition) is 0. The largest absolute Gasteiger partial charge is 0.256 e. The van der Waals surface area contributed by atoms with Crippen LogP contribution in [0.1, 0.15) is 0 Å². The predicted octanol–water partition coefficient (Wildman–Crippen LogP) is 12.1. The Hall–Kier alpha value is -7.04. The number of hydrogen-bond acceptors (Lipinski definition) is 4. The molecule has 2 heterocycles. The highest BCUT2D eigenvalue weighted by Gasteiger charge is 2.23. The standard InChI is InChI=1S/C48H30N4/c1-3-12-33(13-4-1)46-50-47(34-14-5-2-6-15-34)52-48(51-46)37-29-35(31-21-23-32(24-22-31)44-20-9-10-27-49-44)28-36(30-37)38-25-26-43-40-17-8-7-16-39(40)42-19-11-18-41(38)45(42)43/h1-30H. The Morgan fingerprint density at radius 1 is 0.288 bits per heavy atom. The molecule has 0 saturated carbocycles. The molecule has 0 unspecified atom stereocenters. The Kier molecular flexibility index (Phi) is 7.10. The van der Waals surface area contributed by atoms with Crippen LogP contribution in [-0.2, 0) is 0 Å². The van der Waals surface area contributed by atoms with Gasteiger partial charge in [-0.2, -0.15) is 0 Å². The summed E-state index contributed by atoms with van der Waals surface area (Å²) in [6, 6.07) is 61.6. The Labute approximate surface area is 301 Å². The minimum absolute atomic E-state index is 0.624. The lowest BCUT2D eigenvalue weighted by Gasteiger charge is -2.15. The Bertz CT molecular complexity index is 2670. The van der Waals surface area contributed by atoms with Crippen molar-refractivity contribution >= 4 is 10.8 Å². The van der Waals surface area contributed by atoms with Gasteiger partial charge in [0.1, 0.15) is 0 Å². The van der Waals surface area contributed by atoms with Gasteiger partial charge in [-0.25, -0.2) is 15.0 Å². The van der Waals surface area contributed by atoms with Crippen molar-refractivity contribution in [2.45, 2.75) is 0 Å².